The zero-order valence-corrected chi connectivity index (χ0v) is 15.0. The van der Waals surface area contributed by atoms with Gasteiger partial charge in [0.15, 0.2) is 0 Å². The molecule has 0 saturated carbocycles. The zero-order chi connectivity index (χ0) is 17.6. The second-order valence-electron chi connectivity index (χ2n) is 6.28. The summed E-state index contributed by atoms with van der Waals surface area (Å²) in [6, 6.07) is 10.2. The van der Waals surface area contributed by atoms with Crippen LogP contribution in [-0.4, -0.2) is 36.6 Å². The van der Waals surface area contributed by atoms with Crippen molar-refractivity contribution in [2.75, 3.05) is 26.4 Å². The molecule has 0 bridgehead atoms. The number of esters is 1. The molecule has 0 aliphatic carbocycles. The molecular weight excluding hydrogens is 334 g/mol. The molecule has 6 heteroatoms. The first-order chi connectivity index (χ1) is 12.1. The number of rotatable bonds is 2. The number of hydrogen-bond donors (Lipinski definition) is 1. The Hall–Kier alpha value is -2.44. The lowest BCUT2D eigenvalue weighted by Crippen LogP contribution is -2.27. The van der Waals surface area contributed by atoms with Crippen molar-refractivity contribution in [3.8, 4) is 11.1 Å². The van der Waals surface area contributed by atoms with Gasteiger partial charge in [0, 0.05) is 36.2 Å². The van der Waals surface area contributed by atoms with Crippen LogP contribution in [0.2, 0.25) is 0 Å². The number of thiophene rings is 1. The molecule has 1 aromatic carbocycles. The van der Waals surface area contributed by atoms with E-state index in [0.717, 1.165) is 46.5 Å². The molecule has 5 nitrogen and oxygen atoms in total. The number of likely N-dealkylation sites (N-methyl/N-ethyl adjacent to an activating group) is 1. The first-order valence-electron chi connectivity index (χ1n) is 8.16. The first-order valence-corrected chi connectivity index (χ1v) is 8.97. The Morgan fingerprint density at radius 3 is 2.80 bits per heavy atom. The highest BCUT2D eigenvalue weighted by Crippen LogP contribution is 2.43. The minimum Gasteiger partial charge on any atom is -0.465 e. The van der Waals surface area contributed by atoms with E-state index < -0.39 is 5.97 Å². The minimum atomic E-state index is -0.408. The average Bonchev–Trinajstić information content (AvgIpc) is 2.96. The molecule has 0 fully saturated rings. The molecule has 2 N–H and O–H groups in total. The Labute approximate surface area is 150 Å². The summed E-state index contributed by atoms with van der Waals surface area (Å²) >= 11 is 1.31. The number of aromatic nitrogens is 1. The lowest BCUT2D eigenvalue weighted by molar-refractivity contribution is 0.0607. The van der Waals surface area contributed by atoms with Crippen molar-refractivity contribution in [3.63, 3.8) is 0 Å². The number of fused-ring (bicyclic) bond motifs is 2. The predicted octanol–water partition coefficient (Wildman–Crippen LogP) is 3.32. The number of hydrogen-bond acceptors (Lipinski definition) is 6. The highest BCUT2D eigenvalue weighted by atomic mass is 32.1. The van der Waals surface area contributed by atoms with Crippen LogP contribution in [0, 0.1) is 0 Å². The van der Waals surface area contributed by atoms with Crippen LogP contribution in [-0.2, 0) is 17.7 Å². The third-order valence-corrected chi connectivity index (χ3v) is 5.73. The lowest BCUT2D eigenvalue weighted by atomic mass is 9.92. The van der Waals surface area contributed by atoms with Gasteiger partial charge in [-0.15, -0.1) is 11.3 Å². The van der Waals surface area contributed by atoms with Gasteiger partial charge in [0.25, 0.3) is 0 Å². The molecule has 0 unspecified atom stereocenters. The van der Waals surface area contributed by atoms with Gasteiger partial charge in [0.05, 0.1) is 12.8 Å². The fourth-order valence-corrected chi connectivity index (χ4v) is 4.47. The molecule has 4 rings (SSSR count). The molecule has 2 aromatic heterocycles. The van der Waals surface area contributed by atoms with Crippen LogP contribution in [0.3, 0.4) is 0 Å². The Kier molecular flexibility index (Phi) is 3.94. The Bertz CT molecular complexity index is 966. The number of carbonyl (C=O) groups is 1. The van der Waals surface area contributed by atoms with Gasteiger partial charge in [0.1, 0.15) is 9.71 Å². The summed E-state index contributed by atoms with van der Waals surface area (Å²) in [6.07, 6.45) is 0.896. The summed E-state index contributed by atoms with van der Waals surface area (Å²) in [4.78, 5) is 20.5. The summed E-state index contributed by atoms with van der Waals surface area (Å²) in [5.41, 5.74) is 11.3. The summed E-state index contributed by atoms with van der Waals surface area (Å²) in [5, 5.41) is 0.866. The number of anilines is 1. The fourth-order valence-electron chi connectivity index (χ4n) is 3.43. The van der Waals surface area contributed by atoms with E-state index >= 15 is 0 Å². The van der Waals surface area contributed by atoms with Crippen molar-refractivity contribution in [1.82, 2.24) is 9.88 Å². The van der Waals surface area contributed by atoms with Gasteiger partial charge in [-0.2, -0.15) is 0 Å². The maximum absolute atomic E-state index is 12.1. The van der Waals surface area contributed by atoms with Crippen LogP contribution in [0.25, 0.3) is 21.3 Å². The molecule has 1 aliphatic heterocycles. The summed E-state index contributed by atoms with van der Waals surface area (Å²) in [6.45, 7) is 1.80. The number of benzene rings is 1. The molecule has 3 heterocycles. The summed E-state index contributed by atoms with van der Waals surface area (Å²) in [5.74, 6) is -0.408. The molecule has 0 spiro atoms. The standard InChI is InChI=1S/C19H19N3O2S/c1-22-9-8-13-12(10-22)14(11-6-4-3-5-7-11)15-16(20)17(19(23)24-2)25-18(15)21-13/h3-7H,8-10,20H2,1-2H3. The summed E-state index contributed by atoms with van der Waals surface area (Å²) in [7, 11) is 3.48. The van der Waals surface area contributed by atoms with Gasteiger partial charge in [-0.3, -0.25) is 0 Å². The lowest BCUT2D eigenvalue weighted by Gasteiger charge is -2.27. The quantitative estimate of drug-likeness (QED) is 0.716. The molecule has 25 heavy (non-hydrogen) atoms. The minimum absolute atomic E-state index is 0.408. The van der Waals surface area contributed by atoms with Crippen LogP contribution >= 0.6 is 11.3 Å². The predicted molar refractivity (Wildman–Crippen MR) is 101 cm³/mol. The van der Waals surface area contributed by atoms with E-state index in [4.69, 9.17) is 15.5 Å². The van der Waals surface area contributed by atoms with Crippen molar-refractivity contribution in [2.24, 2.45) is 0 Å². The molecule has 0 radical (unpaired) electrons. The van der Waals surface area contributed by atoms with Gasteiger partial charge in [0.2, 0.25) is 0 Å². The maximum atomic E-state index is 12.1. The average molecular weight is 353 g/mol. The monoisotopic (exact) mass is 353 g/mol. The SMILES string of the molecule is COC(=O)c1sc2nc3c(c(-c4ccccc4)c2c1N)CN(C)CC3. The third-order valence-electron chi connectivity index (χ3n) is 4.65. The van der Waals surface area contributed by atoms with E-state index in [2.05, 4.69) is 24.1 Å². The maximum Gasteiger partial charge on any atom is 0.350 e. The Balaban J connectivity index is 2.09. The number of carbonyl (C=O) groups excluding carboxylic acids is 1. The Morgan fingerprint density at radius 2 is 2.08 bits per heavy atom. The highest BCUT2D eigenvalue weighted by Gasteiger charge is 2.27. The van der Waals surface area contributed by atoms with Gasteiger partial charge in [-0.1, -0.05) is 30.3 Å². The first kappa shape index (κ1) is 16.1. The van der Waals surface area contributed by atoms with Crippen molar-refractivity contribution >= 4 is 33.2 Å². The largest absolute Gasteiger partial charge is 0.465 e. The van der Waals surface area contributed by atoms with Crippen LogP contribution < -0.4 is 5.73 Å². The van der Waals surface area contributed by atoms with Crippen molar-refractivity contribution in [1.29, 1.82) is 0 Å². The molecule has 128 valence electrons. The fraction of sp³-hybridized carbons (Fsp3) is 0.263. The highest BCUT2D eigenvalue weighted by molar-refractivity contribution is 7.21. The van der Waals surface area contributed by atoms with Crippen molar-refractivity contribution in [2.45, 2.75) is 13.0 Å². The molecule has 1 aliphatic rings. The number of pyridine rings is 1. The van der Waals surface area contributed by atoms with Crippen molar-refractivity contribution in [3.05, 3.63) is 46.5 Å². The number of ether oxygens (including phenoxy) is 1. The third kappa shape index (κ3) is 2.58. The smallest absolute Gasteiger partial charge is 0.350 e. The van der Waals surface area contributed by atoms with Crippen LogP contribution in [0.1, 0.15) is 20.9 Å². The van der Waals surface area contributed by atoms with Crippen molar-refractivity contribution < 1.29 is 9.53 Å². The molecule has 0 saturated heterocycles. The van der Waals surface area contributed by atoms with E-state index in [1.54, 1.807) is 0 Å². The second kappa shape index (κ2) is 6.13. The zero-order valence-electron chi connectivity index (χ0n) is 14.2. The van der Waals surface area contributed by atoms with Crippen LogP contribution in [0.15, 0.2) is 30.3 Å². The van der Waals surface area contributed by atoms with Crippen LogP contribution in [0.5, 0.6) is 0 Å². The van der Waals surface area contributed by atoms with Gasteiger partial charge < -0.3 is 15.4 Å². The molecule has 0 amide bonds. The van der Waals surface area contributed by atoms with Gasteiger partial charge in [-0.05, 0) is 18.2 Å². The number of methoxy groups -OCH3 is 1. The van der Waals surface area contributed by atoms with E-state index in [-0.39, 0.29) is 0 Å². The molecular formula is C19H19N3O2S. The summed E-state index contributed by atoms with van der Waals surface area (Å²) < 4.78 is 4.89. The van der Waals surface area contributed by atoms with Gasteiger partial charge >= 0.3 is 5.97 Å². The second-order valence-corrected chi connectivity index (χ2v) is 7.28. The number of nitrogens with two attached hydrogens (primary N) is 1. The molecule has 3 aromatic rings. The normalized spacial score (nSPS) is 14.5. The number of nitrogen functional groups attached to an aromatic ring is 1. The van der Waals surface area contributed by atoms with Crippen LogP contribution in [0.4, 0.5) is 5.69 Å². The number of nitrogens with zero attached hydrogens (tertiary/aromatic N) is 2. The van der Waals surface area contributed by atoms with E-state index in [1.807, 2.05) is 18.2 Å². The Morgan fingerprint density at radius 1 is 1.32 bits per heavy atom. The molecule has 0 atom stereocenters. The van der Waals surface area contributed by atoms with E-state index in [9.17, 15) is 4.79 Å². The topological polar surface area (TPSA) is 68.4 Å². The van der Waals surface area contributed by atoms with Gasteiger partial charge in [-0.25, -0.2) is 9.78 Å². The van der Waals surface area contributed by atoms with E-state index in [1.165, 1.54) is 24.0 Å². The van der Waals surface area contributed by atoms with E-state index in [0.29, 0.717) is 10.6 Å².